The summed E-state index contributed by atoms with van der Waals surface area (Å²) in [5, 5.41) is 10.8. The zero-order chi connectivity index (χ0) is 19.6. The van der Waals surface area contributed by atoms with Gasteiger partial charge in [0, 0.05) is 0 Å². The fourth-order valence-electron chi connectivity index (χ4n) is 3.03. The van der Waals surface area contributed by atoms with E-state index in [4.69, 9.17) is 8.85 Å². The van der Waals surface area contributed by atoms with E-state index >= 15 is 0 Å². The van der Waals surface area contributed by atoms with Gasteiger partial charge in [-0.15, -0.1) is 0 Å². The lowest BCUT2D eigenvalue weighted by atomic mass is 10.1. The van der Waals surface area contributed by atoms with E-state index in [1.807, 2.05) is 18.2 Å². The molecular formula is C20H38O3Si2. The van der Waals surface area contributed by atoms with Gasteiger partial charge in [0.25, 0.3) is 0 Å². The van der Waals surface area contributed by atoms with Crippen molar-refractivity contribution in [2.75, 3.05) is 0 Å². The van der Waals surface area contributed by atoms with Crippen LogP contribution in [0.5, 0.6) is 17.2 Å². The predicted molar refractivity (Wildman–Crippen MR) is 113 cm³/mol. The summed E-state index contributed by atoms with van der Waals surface area (Å²) < 4.78 is 12.7. The number of hydrogen-bond acceptors (Lipinski definition) is 3. The van der Waals surface area contributed by atoms with Crippen LogP contribution < -0.4 is 8.85 Å². The van der Waals surface area contributed by atoms with Crippen LogP contribution in [-0.4, -0.2) is 21.7 Å². The van der Waals surface area contributed by atoms with E-state index in [1.165, 1.54) is 0 Å². The fraction of sp³-hybridized carbons (Fsp3) is 0.700. The first kappa shape index (κ1) is 22.1. The average molecular weight is 383 g/mol. The Bertz CT molecular complexity index is 522. The Labute approximate surface area is 157 Å². The molecule has 5 heteroatoms. The lowest BCUT2D eigenvalue weighted by Gasteiger charge is -2.35. The Morgan fingerprint density at radius 3 is 1.32 bits per heavy atom. The highest BCUT2D eigenvalue weighted by Gasteiger charge is 2.37. The molecule has 2 unspecified atom stereocenters. The Hall–Kier alpha value is -0.946. The van der Waals surface area contributed by atoms with Crippen molar-refractivity contribution >= 4 is 16.6 Å². The van der Waals surface area contributed by atoms with Crippen LogP contribution in [0.25, 0.3) is 0 Å². The van der Waals surface area contributed by atoms with Crippen molar-refractivity contribution in [1.29, 1.82) is 0 Å². The number of rotatable bonds is 8. The maximum atomic E-state index is 10.8. The lowest BCUT2D eigenvalue weighted by Crippen LogP contribution is -2.41. The van der Waals surface area contributed by atoms with Crippen LogP contribution in [0.2, 0.25) is 37.3 Å². The molecule has 0 saturated heterocycles. The first-order chi connectivity index (χ1) is 11.3. The van der Waals surface area contributed by atoms with Crippen molar-refractivity contribution in [3.63, 3.8) is 0 Å². The standard InChI is InChI=1S/C20H38O3Si2/c1-14(2)16(5)24(7,8)22-18-12-11-13-19(20(18)21)23-25(9,10)17(6)15(3)4/h11-17,21H,1-10H3. The third-order valence-corrected chi connectivity index (χ3v) is 13.1. The molecule has 0 spiro atoms. The van der Waals surface area contributed by atoms with Crippen molar-refractivity contribution < 1.29 is 14.0 Å². The van der Waals surface area contributed by atoms with Gasteiger partial charge in [0.15, 0.2) is 5.75 Å². The fourth-order valence-corrected chi connectivity index (χ4v) is 8.07. The largest absolute Gasteiger partial charge is 0.541 e. The summed E-state index contributed by atoms with van der Waals surface area (Å²) in [5.74, 6) is 2.38. The smallest absolute Gasteiger partial charge is 0.248 e. The highest BCUT2D eigenvalue weighted by molar-refractivity contribution is 6.73. The van der Waals surface area contributed by atoms with Gasteiger partial charge in [-0.2, -0.15) is 0 Å². The molecule has 0 aromatic heterocycles. The molecule has 0 heterocycles. The summed E-state index contributed by atoms with van der Waals surface area (Å²) in [5.41, 5.74) is 0.978. The molecule has 0 amide bonds. The summed E-state index contributed by atoms with van der Waals surface area (Å²) >= 11 is 0. The number of aromatic hydroxyl groups is 1. The van der Waals surface area contributed by atoms with Crippen molar-refractivity contribution in [3.8, 4) is 17.2 Å². The quantitative estimate of drug-likeness (QED) is 0.511. The van der Waals surface area contributed by atoms with Gasteiger partial charge in [-0.25, -0.2) is 0 Å². The van der Waals surface area contributed by atoms with E-state index in [-0.39, 0.29) is 5.75 Å². The molecule has 1 rings (SSSR count). The van der Waals surface area contributed by atoms with Gasteiger partial charge in [-0.1, -0.05) is 47.6 Å². The molecule has 0 aliphatic carbocycles. The average Bonchev–Trinajstić information content (AvgIpc) is 2.49. The number of phenolic OH excluding ortho intramolecular Hbond substituents is 1. The van der Waals surface area contributed by atoms with Crippen molar-refractivity contribution in [3.05, 3.63) is 18.2 Å². The summed E-state index contributed by atoms with van der Waals surface area (Å²) in [6.07, 6.45) is 0. The van der Waals surface area contributed by atoms with Gasteiger partial charge in [-0.3, -0.25) is 0 Å². The van der Waals surface area contributed by atoms with E-state index in [0.717, 1.165) is 0 Å². The first-order valence-electron chi connectivity index (χ1n) is 9.49. The molecule has 2 atom stereocenters. The molecule has 0 bridgehead atoms. The third kappa shape index (κ3) is 5.51. The molecule has 25 heavy (non-hydrogen) atoms. The van der Waals surface area contributed by atoms with Gasteiger partial charge in [-0.05, 0) is 61.2 Å². The maximum Gasteiger partial charge on any atom is 0.248 e. The van der Waals surface area contributed by atoms with E-state index < -0.39 is 16.6 Å². The van der Waals surface area contributed by atoms with Gasteiger partial charge < -0.3 is 14.0 Å². The Kier molecular flexibility index (Phi) is 7.22. The normalized spacial score (nSPS) is 15.4. The summed E-state index contributed by atoms with van der Waals surface area (Å²) in [4.78, 5) is 0. The van der Waals surface area contributed by atoms with Crippen LogP contribution in [0.1, 0.15) is 41.5 Å². The summed E-state index contributed by atoms with van der Waals surface area (Å²) in [6.45, 7) is 22.2. The van der Waals surface area contributed by atoms with Gasteiger partial charge in [0.1, 0.15) is 11.5 Å². The molecule has 1 aromatic rings. The molecule has 0 aliphatic rings. The van der Waals surface area contributed by atoms with E-state index in [2.05, 4.69) is 67.7 Å². The molecule has 3 nitrogen and oxygen atoms in total. The Morgan fingerprint density at radius 2 is 1.04 bits per heavy atom. The van der Waals surface area contributed by atoms with Gasteiger partial charge >= 0.3 is 0 Å². The third-order valence-electron chi connectivity index (χ3n) is 5.90. The second kappa shape index (κ2) is 8.17. The second-order valence-corrected chi connectivity index (χ2v) is 17.7. The number of hydrogen-bond donors (Lipinski definition) is 1. The molecular weight excluding hydrogens is 344 g/mol. The van der Waals surface area contributed by atoms with Crippen molar-refractivity contribution in [1.82, 2.24) is 0 Å². The number of phenols is 1. The van der Waals surface area contributed by atoms with Crippen molar-refractivity contribution in [2.24, 2.45) is 11.8 Å². The number of benzene rings is 1. The van der Waals surface area contributed by atoms with Gasteiger partial charge in [0.2, 0.25) is 16.6 Å². The van der Waals surface area contributed by atoms with E-state index in [9.17, 15) is 5.11 Å². The highest BCUT2D eigenvalue weighted by atomic mass is 28.4. The van der Waals surface area contributed by atoms with Crippen LogP contribution in [0, 0.1) is 11.8 Å². The lowest BCUT2D eigenvalue weighted by molar-refractivity contribution is 0.393. The van der Waals surface area contributed by atoms with Gasteiger partial charge in [0.05, 0.1) is 0 Å². The monoisotopic (exact) mass is 382 g/mol. The minimum Gasteiger partial charge on any atom is -0.541 e. The predicted octanol–water partition coefficient (Wildman–Crippen LogP) is 6.65. The zero-order valence-electron chi connectivity index (χ0n) is 17.8. The molecule has 144 valence electrons. The molecule has 0 saturated carbocycles. The topological polar surface area (TPSA) is 38.7 Å². The molecule has 0 fully saturated rings. The second-order valence-electron chi connectivity index (χ2n) is 9.08. The SMILES string of the molecule is CC(C)C(C)[Si](C)(C)Oc1cccc(O[Si](C)(C)C(C)C(C)C)c1O. The summed E-state index contributed by atoms with van der Waals surface area (Å²) in [7, 11) is -3.94. The first-order valence-corrected chi connectivity index (χ1v) is 15.5. The zero-order valence-corrected chi connectivity index (χ0v) is 19.8. The minimum absolute atomic E-state index is 0.149. The molecule has 1 aromatic carbocycles. The number of para-hydroxylation sites is 1. The van der Waals surface area contributed by atoms with Crippen LogP contribution in [-0.2, 0) is 0 Å². The summed E-state index contributed by atoms with van der Waals surface area (Å²) in [6, 6.07) is 5.62. The van der Waals surface area contributed by atoms with Crippen LogP contribution >= 0.6 is 0 Å². The van der Waals surface area contributed by atoms with Crippen molar-refractivity contribution in [2.45, 2.75) is 78.8 Å². The van der Waals surface area contributed by atoms with Crippen LogP contribution in [0.4, 0.5) is 0 Å². The van der Waals surface area contributed by atoms with Crippen LogP contribution in [0.15, 0.2) is 18.2 Å². The van der Waals surface area contributed by atoms with E-state index in [0.29, 0.717) is 34.4 Å². The van der Waals surface area contributed by atoms with Crippen LogP contribution in [0.3, 0.4) is 0 Å². The minimum atomic E-state index is -1.97. The molecule has 0 radical (unpaired) electrons. The molecule has 1 N–H and O–H groups in total. The Morgan fingerprint density at radius 1 is 0.720 bits per heavy atom. The Balaban J connectivity index is 3.07. The molecule has 0 aliphatic heterocycles. The van der Waals surface area contributed by atoms with E-state index in [1.54, 1.807) is 0 Å². The highest BCUT2D eigenvalue weighted by Crippen LogP contribution is 2.42. The maximum absolute atomic E-state index is 10.8.